The second kappa shape index (κ2) is 5.20. The molecule has 0 radical (unpaired) electrons. The zero-order valence-electron chi connectivity index (χ0n) is 11.3. The summed E-state index contributed by atoms with van der Waals surface area (Å²) in [5.41, 5.74) is 2.02. The van der Waals surface area contributed by atoms with Gasteiger partial charge in [-0.2, -0.15) is 9.61 Å². The van der Waals surface area contributed by atoms with Gasteiger partial charge in [0, 0.05) is 18.3 Å². The quantitative estimate of drug-likeness (QED) is 0.781. The molecule has 0 aliphatic carbocycles. The number of rotatable bonds is 4. The zero-order chi connectivity index (χ0) is 14.8. The van der Waals surface area contributed by atoms with Crippen molar-refractivity contribution in [2.45, 2.75) is 6.42 Å². The minimum Gasteiger partial charge on any atom is -0.481 e. The summed E-state index contributed by atoms with van der Waals surface area (Å²) in [6, 6.07) is 9.71. The molecule has 0 aliphatic rings. The fourth-order valence-electron chi connectivity index (χ4n) is 2.13. The minimum atomic E-state index is -0.915. The predicted molar refractivity (Wildman–Crippen MR) is 76.6 cm³/mol. The Morgan fingerprint density at radius 1 is 1.29 bits per heavy atom. The number of benzene rings is 1. The van der Waals surface area contributed by atoms with Crippen molar-refractivity contribution in [3.05, 3.63) is 48.4 Å². The van der Waals surface area contributed by atoms with Crippen LogP contribution in [0.4, 0.5) is 11.6 Å². The molecule has 7 heteroatoms. The molecule has 0 atom stereocenters. The molecule has 2 heterocycles. The van der Waals surface area contributed by atoms with Crippen molar-refractivity contribution in [1.29, 1.82) is 0 Å². The molecule has 2 aromatic heterocycles. The fraction of sp³-hybridized carbons (Fsp3) is 0.143. The van der Waals surface area contributed by atoms with Crippen LogP contribution in [-0.2, 0) is 11.2 Å². The normalized spacial score (nSPS) is 10.7. The van der Waals surface area contributed by atoms with Crippen LogP contribution in [0.5, 0.6) is 0 Å². The van der Waals surface area contributed by atoms with Crippen LogP contribution in [0, 0.1) is 0 Å². The Morgan fingerprint density at radius 2 is 2.05 bits per heavy atom. The maximum Gasteiger partial charge on any atom is 0.308 e. The van der Waals surface area contributed by atoms with Crippen LogP contribution < -0.4 is 4.90 Å². The van der Waals surface area contributed by atoms with Crippen molar-refractivity contribution in [2.75, 3.05) is 11.9 Å². The summed E-state index contributed by atoms with van der Waals surface area (Å²) in [5, 5.41) is 13.1. The van der Waals surface area contributed by atoms with Gasteiger partial charge < -0.3 is 10.0 Å². The molecule has 0 unspecified atom stereocenters. The largest absolute Gasteiger partial charge is 0.481 e. The van der Waals surface area contributed by atoms with E-state index >= 15 is 0 Å². The van der Waals surface area contributed by atoms with Crippen molar-refractivity contribution < 1.29 is 9.90 Å². The summed E-state index contributed by atoms with van der Waals surface area (Å²) >= 11 is 0. The maximum atomic E-state index is 10.9. The van der Waals surface area contributed by atoms with Gasteiger partial charge in [0.15, 0.2) is 5.65 Å². The third-order valence-electron chi connectivity index (χ3n) is 3.14. The zero-order valence-corrected chi connectivity index (χ0v) is 11.3. The van der Waals surface area contributed by atoms with Crippen molar-refractivity contribution in [2.24, 2.45) is 0 Å². The highest BCUT2D eigenvalue weighted by Gasteiger charge is 2.15. The van der Waals surface area contributed by atoms with Crippen molar-refractivity contribution in [3.8, 4) is 0 Å². The second-order valence-electron chi connectivity index (χ2n) is 4.54. The van der Waals surface area contributed by atoms with Gasteiger partial charge in [-0.15, -0.1) is 0 Å². The molecule has 0 saturated carbocycles. The third-order valence-corrected chi connectivity index (χ3v) is 3.14. The molecular formula is C14H13N5O2. The average molecular weight is 283 g/mol. The smallest absolute Gasteiger partial charge is 0.308 e. The molecule has 3 rings (SSSR count). The van der Waals surface area contributed by atoms with E-state index in [4.69, 9.17) is 5.11 Å². The number of carboxylic acid groups (broad SMARTS) is 1. The number of carboxylic acids is 1. The topological polar surface area (TPSA) is 83.6 Å². The molecule has 0 aliphatic heterocycles. The molecule has 1 N–H and O–H groups in total. The van der Waals surface area contributed by atoms with E-state index in [-0.39, 0.29) is 6.42 Å². The molecule has 1 aromatic carbocycles. The first-order chi connectivity index (χ1) is 10.2. The molecule has 0 amide bonds. The SMILES string of the molecule is CN(c1ccccc1)c1ncnc2c(CC(=O)O)cnn12. The first kappa shape index (κ1) is 13.0. The van der Waals surface area contributed by atoms with Gasteiger partial charge in [0.05, 0.1) is 12.6 Å². The Bertz CT molecular complexity index is 784. The van der Waals surface area contributed by atoms with Gasteiger partial charge in [0.25, 0.3) is 0 Å². The number of carbonyl (C=O) groups is 1. The molecule has 0 fully saturated rings. The summed E-state index contributed by atoms with van der Waals surface area (Å²) < 4.78 is 1.55. The molecule has 3 aromatic rings. The van der Waals surface area contributed by atoms with Gasteiger partial charge in [-0.25, -0.2) is 9.97 Å². The van der Waals surface area contributed by atoms with Crippen molar-refractivity contribution in [3.63, 3.8) is 0 Å². The highest BCUT2D eigenvalue weighted by molar-refractivity contribution is 5.73. The van der Waals surface area contributed by atoms with Crippen LogP contribution in [0.1, 0.15) is 5.56 Å². The monoisotopic (exact) mass is 283 g/mol. The van der Waals surface area contributed by atoms with Crippen LogP contribution >= 0.6 is 0 Å². The number of para-hydroxylation sites is 1. The van der Waals surface area contributed by atoms with E-state index in [1.54, 1.807) is 4.52 Å². The molecular weight excluding hydrogens is 270 g/mol. The number of nitrogens with zero attached hydrogens (tertiary/aromatic N) is 5. The standard InChI is InChI=1S/C14H13N5O2/c1-18(11-5-3-2-4-6-11)14-16-9-15-13-10(7-12(20)21)8-17-19(13)14/h2-6,8-9H,7H2,1H3,(H,20,21). The fourth-order valence-corrected chi connectivity index (χ4v) is 2.13. The Hall–Kier alpha value is -2.96. The molecule has 21 heavy (non-hydrogen) atoms. The molecule has 0 bridgehead atoms. The highest BCUT2D eigenvalue weighted by Crippen LogP contribution is 2.22. The lowest BCUT2D eigenvalue weighted by atomic mass is 10.2. The van der Waals surface area contributed by atoms with E-state index in [0.717, 1.165) is 5.69 Å². The van der Waals surface area contributed by atoms with Gasteiger partial charge in [0.2, 0.25) is 5.95 Å². The number of fused-ring (bicyclic) bond motifs is 1. The third kappa shape index (κ3) is 2.40. The van der Waals surface area contributed by atoms with E-state index in [1.807, 2.05) is 42.3 Å². The Labute approximate surface area is 120 Å². The lowest BCUT2D eigenvalue weighted by molar-refractivity contribution is -0.136. The van der Waals surface area contributed by atoms with Crippen molar-refractivity contribution >= 4 is 23.3 Å². The Morgan fingerprint density at radius 3 is 2.76 bits per heavy atom. The lowest BCUT2D eigenvalue weighted by Crippen LogP contribution is -2.16. The average Bonchev–Trinajstić information content (AvgIpc) is 2.90. The Kier molecular flexibility index (Phi) is 3.23. The number of aromatic nitrogens is 4. The van der Waals surface area contributed by atoms with Gasteiger partial charge in [-0.3, -0.25) is 4.79 Å². The summed E-state index contributed by atoms with van der Waals surface area (Å²) in [7, 11) is 1.87. The minimum absolute atomic E-state index is 0.116. The lowest BCUT2D eigenvalue weighted by Gasteiger charge is -2.18. The van der Waals surface area contributed by atoms with Crippen LogP contribution in [0.15, 0.2) is 42.9 Å². The first-order valence-electron chi connectivity index (χ1n) is 6.35. The first-order valence-corrected chi connectivity index (χ1v) is 6.35. The second-order valence-corrected chi connectivity index (χ2v) is 4.54. The van der Waals surface area contributed by atoms with Gasteiger partial charge in [0.1, 0.15) is 6.33 Å². The number of anilines is 2. The van der Waals surface area contributed by atoms with Crippen LogP contribution in [-0.4, -0.2) is 37.7 Å². The molecule has 106 valence electrons. The summed E-state index contributed by atoms with van der Waals surface area (Å²) in [4.78, 5) is 21.1. The Balaban J connectivity index is 2.07. The molecule has 7 nitrogen and oxygen atoms in total. The van der Waals surface area contributed by atoms with E-state index < -0.39 is 5.97 Å². The van der Waals surface area contributed by atoms with Gasteiger partial charge in [-0.05, 0) is 12.1 Å². The highest BCUT2D eigenvalue weighted by atomic mass is 16.4. The summed E-state index contributed by atoms with van der Waals surface area (Å²) in [6.45, 7) is 0. The van der Waals surface area contributed by atoms with E-state index in [1.165, 1.54) is 12.5 Å². The number of hydrogen-bond donors (Lipinski definition) is 1. The summed E-state index contributed by atoms with van der Waals surface area (Å²) in [5.74, 6) is -0.343. The van der Waals surface area contributed by atoms with Gasteiger partial charge >= 0.3 is 5.97 Å². The predicted octanol–water partition coefficient (Wildman–Crippen LogP) is 1.52. The van der Waals surface area contributed by atoms with E-state index in [9.17, 15) is 4.79 Å². The van der Waals surface area contributed by atoms with Crippen molar-refractivity contribution in [1.82, 2.24) is 19.6 Å². The molecule has 0 saturated heterocycles. The van der Waals surface area contributed by atoms with E-state index in [0.29, 0.717) is 17.2 Å². The van der Waals surface area contributed by atoms with Crippen LogP contribution in [0.3, 0.4) is 0 Å². The number of hydrogen-bond acceptors (Lipinski definition) is 5. The van der Waals surface area contributed by atoms with E-state index in [2.05, 4.69) is 15.1 Å². The summed E-state index contributed by atoms with van der Waals surface area (Å²) in [6.07, 6.45) is 2.81. The van der Waals surface area contributed by atoms with Crippen LogP contribution in [0.25, 0.3) is 5.65 Å². The van der Waals surface area contributed by atoms with Crippen LogP contribution in [0.2, 0.25) is 0 Å². The molecule has 0 spiro atoms. The van der Waals surface area contributed by atoms with Gasteiger partial charge in [-0.1, -0.05) is 18.2 Å². The maximum absolute atomic E-state index is 10.9. The number of aliphatic carboxylic acids is 1.